The molecule has 21 heavy (non-hydrogen) atoms. The molecular formula is C16H26N2O2S. The van der Waals surface area contributed by atoms with E-state index in [1.54, 1.807) is 20.8 Å². The number of nitrogens with zero attached hydrogens (tertiary/aromatic N) is 1. The topological polar surface area (TPSA) is 49.4 Å². The van der Waals surface area contributed by atoms with Crippen LogP contribution in [-0.2, 0) is 9.84 Å². The molecule has 0 radical (unpaired) electrons. The lowest BCUT2D eigenvalue weighted by molar-refractivity contribution is 0.560. The maximum atomic E-state index is 12.0. The zero-order chi connectivity index (χ0) is 15.5. The van der Waals surface area contributed by atoms with Crippen LogP contribution in [0.4, 0.5) is 11.4 Å². The lowest BCUT2D eigenvalue weighted by Crippen LogP contribution is -2.32. The van der Waals surface area contributed by atoms with Crippen LogP contribution in [0.1, 0.15) is 33.6 Å². The summed E-state index contributed by atoms with van der Waals surface area (Å²) < 4.78 is 23.4. The van der Waals surface area contributed by atoms with Crippen LogP contribution in [0.2, 0.25) is 0 Å². The third-order valence-corrected chi connectivity index (χ3v) is 6.58. The van der Waals surface area contributed by atoms with E-state index in [4.69, 9.17) is 0 Å². The normalized spacial score (nSPS) is 16.2. The van der Waals surface area contributed by atoms with Crippen molar-refractivity contribution in [2.45, 2.75) is 38.4 Å². The highest BCUT2D eigenvalue weighted by atomic mass is 32.2. The Morgan fingerprint density at radius 2 is 1.67 bits per heavy atom. The van der Waals surface area contributed by atoms with Gasteiger partial charge in [0, 0.05) is 31.0 Å². The van der Waals surface area contributed by atoms with Crippen LogP contribution < -0.4 is 10.2 Å². The SMILES string of the molecule is CC(C)(C)S(=O)(=O)CCNc1ccc(N2CCCC2)cc1. The fourth-order valence-electron chi connectivity index (χ4n) is 2.40. The molecule has 0 amide bonds. The van der Waals surface area contributed by atoms with Crippen molar-refractivity contribution in [3.05, 3.63) is 24.3 Å². The smallest absolute Gasteiger partial charge is 0.156 e. The lowest BCUT2D eigenvalue weighted by Gasteiger charge is -2.20. The van der Waals surface area contributed by atoms with Crippen molar-refractivity contribution >= 4 is 21.2 Å². The zero-order valence-corrected chi connectivity index (χ0v) is 14.0. The second kappa shape index (κ2) is 6.26. The van der Waals surface area contributed by atoms with Crippen LogP contribution in [-0.4, -0.2) is 38.6 Å². The maximum Gasteiger partial charge on any atom is 0.156 e. The highest BCUT2D eigenvalue weighted by Gasteiger charge is 2.28. The Balaban J connectivity index is 1.87. The van der Waals surface area contributed by atoms with Gasteiger partial charge in [0.2, 0.25) is 0 Å². The van der Waals surface area contributed by atoms with Crippen LogP contribution in [0.15, 0.2) is 24.3 Å². The number of sulfone groups is 1. The summed E-state index contributed by atoms with van der Waals surface area (Å²) in [6, 6.07) is 8.26. The molecule has 1 aliphatic rings. The highest BCUT2D eigenvalue weighted by Crippen LogP contribution is 2.22. The first-order chi connectivity index (χ1) is 9.79. The Bertz CT molecular complexity index is 553. The molecule has 4 nitrogen and oxygen atoms in total. The van der Waals surface area contributed by atoms with Crippen molar-refractivity contribution in [3.8, 4) is 0 Å². The second-order valence-electron chi connectivity index (χ2n) is 6.60. The first-order valence-electron chi connectivity index (χ1n) is 7.61. The highest BCUT2D eigenvalue weighted by molar-refractivity contribution is 7.92. The number of benzene rings is 1. The first-order valence-corrected chi connectivity index (χ1v) is 9.26. The van der Waals surface area contributed by atoms with Gasteiger partial charge in [0.05, 0.1) is 10.5 Å². The zero-order valence-electron chi connectivity index (χ0n) is 13.2. The first kappa shape index (κ1) is 16.1. The van der Waals surface area contributed by atoms with E-state index in [0.29, 0.717) is 6.54 Å². The van der Waals surface area contributed by atoms with Gasteiger partial charge in [-0.15, -0.1) is 0 Å². The molecule has 5 heteroatoms. The summed E-state index contributed by atoms with van der Waals surface area (Å²) in [7, 11) is -3.06. The van der Waals surface area contributed by atoms with E-state index in [1.807, 2.05) is 12.1 Å². The third kappa shape index (κ3) is 4.13. The number of nitrogens with one attached hydrogen (secondary N) is 1. The van der Waals surface area contributed by atoms with E-state index >= 15 is 0 Å². The van der Waals surface area contributed by atoms with Crippen molar-refractivity contribution in [3.63, 3.8) is 0 Å². The summed E-state index contributed by atoms with van der Waals surface area (Å²) in [5.41, 5.74) is 2.22. The molecule has 1 heterocycles. The number of hydrogen-bond acceptors (Lipinski definition) is 4. The molecule has 2 rings (SSSR count). The van der Waals surface area contributed by atoms with Crippen molar-refractivity contribution in [2.75, 3.05) is 35.6 Å². The summed E-state index contributed by atoms with van der Waals surface area (Å²) in [6.07, 6.45) is 2.54. The van der Waals surface area contributed by atoms with Crippen LogP contribution >= 0.6 is 0 Å². The quantitative estimate of drug-likeness (QED) is 0.908. The molecule has 0 saturated carbocycles. The van der Waals surface area contributed by atoms with Gasteiger partial charge in [0.15, 0.2) is 9.84 Å². The average Bonchev–Trinajstić information content (AvgIpc) is 2.92. The minimum Gasteiger partial charge on any atom is -0.384 e. The molecule has 0 bridgehead atoms. The van der Waals surface area contributed by atoms with Gasteiger partial charge in [-0.25, -0.2) is 8.42 Å². The van der Waals surface area contributed by atoms with Gasteiger partial charge in [-0.1, -0.05) is 0 Å². The monoisotopic (exact) mass is 310 g/mol. The van der Waals surface area contributed by atoms with Gasteiger partial charge in [0.25, 0.3) is 0 Å². The summed E-state index contributed by atoms with van der Waals surface area (Å²) in [4.78, 5) is 2.38. The number of rotatable bonds is 5. The third-order valence-electron chi connectivity index (χ3n) is 3.97. The minimum absolute atomic E-state index is 0.157. The molecule has 1 aromatic rings. The molecular weight excluding hydrogens is 284 g/mol. The van der Waals surface area contributed by atoms with E-state index in [9.17, 15) is 8.42 Å². The summed E-state index contributed by atoms with van der Waals surface area (Å²) in [5.74, 6) is 0.157. The Hall–Kier alpha value is -1.23. The van der Waals surface area contributed by atoms with E-state index in [1.165, 1.54) is 18.5 Å². The Kier molecular flexibility index (Phi) is 4.81. The van der Waals surface area contributed by atoms with Gasteiger partial charge in [-0.05, 0) is 57.9 Å². The van der Waals surface area contributed by atoms with Crippen LogP contribution in [0, 0.1) is 0 Å². The summed E-state index contributed by atoms with van der Waals surface area (Å²) in [6.45, 7) is 7.95. The number of hydrogen-bond donors (Lipinski definition) is 1. The molecule has 0 spiro atoms. The lowest BCUT2D eigenvalue weighted by atomic mass is 10.2. The van der Waals surface area contributed by atoms with Crippen molar-refractivity contribution < 1.29 is 8.42 Å². The predicted molar refractivity (Wildman–Crippen MR) is 89.9 cm³/mol. The predicted octanol–water partition coefficient (Wildman–Crippen LogP) is 2.91. The minimum atomic E-state index is -3.06. The molecule has 1 aliphatic heterocycles. The van der Waals surface area contributed by atoms with Gasteiger partial charge in [-0.3, -0.25) is 0 Å². The van der Waals surface area contributed by atoms with Crippen molar-refractivity contribution in [1.29, 1.82) is 0 Å². The summed E-state index contributed by atoms with van der Waals surface area (Å²) in [5, 5.41) is 3.19. The summed E-state index contributed by atoms with van der Waals surface area (Å²) >= 11 is 0. The molecule has 1 aromatic carbocycles. The van der Waals surface area contributed by atoms with Crippen LogP contribution in [0.5, 0.6) is 0 Å². The maximum absolute atomic E-state index is 12.0. The van der Waals surface area contributed by atoms with Crippen LogP contribution in [0.3, 0.4) is 0 Å². The fraction of sp³-hybridized carbons (Fsp3) is 0.625. The molecule has 1 N–H and O–H groups in total. The van der Waals surface area contributed by atoms with Gasteiger partial charge in [0.1, 0.15) is 0 Å². The Labute approximate surface area is 128 Å². The van der Waals surface area contributed by atoms with E-state index in [-0.39, 0.29) is 5.75 Å². The fourth-order valence-corrected chi connectivity index (χ4v) is 3.38. The largest absolute Gasteiger partial charge is 0.384 e. The molecule has 0 aromatic heterocycles. The second-order valence-corrected chi connectivity index (χ2v) is 9.46. The average molecular weight is 310 g/mol. The van der Waals surface area contributed by atoms with Gasteiger partial charge < -0.3 is 10.2 Å². The molecule has 1 fully saturated rings. The number of anilines is 2. The molecule has 0 atom stereocenters. The molecule has 0 unspecified atom stereocenters. The molecule has 1 saturated heterocycles. The molecule has 118 valence electrons. The Morgan fingerprint density at radius 1 is 1.10 bits per heavy atom. The van der Waals surface area contributed by atoms with Gasteiger partial charge in [-0.2, -0.15) is 0 Å². The van der Waals surface area contributed by atoms with E-state index < -0.39 is 14.6 Å². The van der Waals surface area contributed by atoms with Crippen molar-refractivity contribution in [2.24, 2.45) is 0 Å². The Morgan fingerprint density at radius 3 is 2.19 bits per heavy atom. The van der Waals surface area contributed by atoms with Crippen molar-refractivity contribution in [1.82, 2.24) is 0 Å². The van der Waals surface area contributed by atoms with Crippen LogP contribution in [0.25, 0.3) is 0 Å². The van der Waals surface area contributed by atoms with Gasteiger partial charge >= 0.3 is 0 Å². The van der Waals surface area contributed by atoms with E-state index in [0.717, 1.165) is 18.8 Å². The standard InChI is InChI=1S/C16H26N2O2S/c1-16(2,3)21(19,20)13-10-17-14-6-8-15(9-7-14)18-11-4-5-12-18/h6-9,17H,4-5,10-13H2,1-3H3. The van der Waals surface area contributed by atoms with E-state index in [2.05, 4.69) is 22.3 Å². The molecule has 0 aliphatic carbocycles.